The Bertz CT molecular complexity index is 3340. The lowest BCUT2D eigenvalue weighted by molar-refractivity contribution is -0.391. The van der Waals surface area contributed by atoms with Crippen LogP contribution in [0.2, 0.25) is 0 Å². The second-order valence-electron chi connectivity index (χ2n) is 30.4. The molecule has 9 rings (SSSR count). The monoisotopic (exact) mass is 1770 g/mol. The van der Waals surface area contributed by atoms with Gasteiger partial charge in [0, 0.05) is 41.0 Å². The van der Waals surface area contributed by atoms with Crippen molar-refractivity contribution in [3.05, 3.63) is 0 Å². The summed E-state index contributed by atoms with van der Waals surface area (Å²) in [5, 5.41) is 300. The van der Waals surface area contributed by atoms with Crippen molar-refractivity contribution in [3.8, 4) is 0 Å². The zero-order valence-electron chi connectivity index (χ0n) is 65.1. The standard InChI is InChI=1S/C67H111N5O49/c1-16(80)68-31-21(85)6-67(66(103)104,120-55(31)36(87)22(86)7-73)121-56-40(91)24(9-75)109-64(50(56)101)118-54-28(13-79)112-61(35(44(54)95)72-20(5)84)119-57-47(98)39(90)30(14-105-59-33(70-18(3)82)42(93)52(26(11-77)110-59)116-62-48(99)45(96)37(88)23(8-74)108-62)114-65(57)106-15-29-38(89)46(97)49(100)63(113-29)117-53-27(12-78)111-60(34(43(53)94)71-19(4)83)115-51-25(10-76)107-58(102)32(41(51)92)69-17(2)81/h21-65,73-79,85-102H,6-15H2,1-5H3,(H,68,80)(H,69,81)(H,70,82)(H,71,83)(H,72,84)(H,103,104)/t21-,22+,23+,24+,25+,26+,27+,28+,29+,30+,31+,32+,33+,34+,35+,36+,37-,38+,39+,40-,41+,42+,43+,44+,45-,46-,47-,48+,49-,50+,51+,52+,53+,54+,55+,56-,57-,58+,59+,60-,61-,62-,63-,64-,65-,67-/m0/s1. The highest BCUT2D eigenvalue weighted by atomic mass is 16.8. The number of hydrogen-bond donors (Lipinski definition) is 31. The lowest BCUT2D eigenvalue weighted by Crippen LogP contribution is -2.71. The number of rotatable bonds is 33. The third kappa shape index (κ3) is 22.5. The molecular formula is C67H111N5O49. The molecule has 0 unspecified atom stereocenters. The molecular weight excluding hydrogens is 1660 g/mol. The van der Waals surface area contributed by atoms with Crippen molar-refractivity contribution >= 4 is 35.5 Å². The number of hydrogen-bond acceptors (Lipinski definition) is 48. The minimum absolute atomic E-state index is 0.769. The smallest absolute Gasteiger partial charge is 0.364 e. The predicted molar refractivity (Wildman–Crippen MR) is 372 cm³/mol. The lowest BCUT2D eigenvalue weighted by atomic mass is 9.88. The van der Waals surface area contributed by atoms with Crippen LogP contribution in [0.5, 0.6) is 0 Å². The number of ether oxygens (including phenoxy) is 17. The molecule has 0 spiro atoms. The molecule has 5 amide bonds. The average Bonchev–Trinajstić information content (AvgIpc) is 0.744. The van der Waals surface area contributed by atoms with Crippen molar-refractivity contribution in [2.45, 2.75) is 323 Å². The van der Waals surface area contributed by atoms with E-state index in [-0.39, 0.29) is 0 Å². The number of carboxylic acid groups (broad SMARTS) is 1. The molecule has 0 aromatic rings. The van der Waals surface area contributed by atoms with Gasteiger partial charge < -0.3 is 240 Å². The third-order valence-electron chi connectivity index (χ3n) is 21.7. The van der Waals surface area contributed by atoms with Gasteiger partial charge in [-0.25, -0.2) is 4.79 Å². The number of carboxylic acids is 1. The first kappa shape index (κ1) is 99.9. The van der Waals surface area contributed by atoms with Crippen LogP contribution in [0.4, 0.5) is 0 Å². The molecule has 9 heterocycles. The summed E-state index contributed by atoms with van der Waals surface area (Å²) in [7, 11) is 0. The van der Waals surface area contributed by atoms with Crippen molar-refractivity contribution < 1.29 is 242 Å². The summed E-state index contributed by atoms with van der Waals surface area (Å²) >= 11 is 0. The van der Waals surface area contributed by atoms with E-state index in [0.29, 0.717) is 0 Å². The lowest BCUT2D eigenvalue weighted by Gasteiger charge is -2.51. The van der Waals surface area contributed by atoms with Crippen LogP contribution < -0.4 is 26.6 Å². The van der Waals surface area contributed by atoms with Gasteiger partial charge in [-0.2, -0.15) is 0 Å². The predicted octanol–water partition coefficient (Wildman–Crippen LogP) is -20.7. The minimum atomic E-state index is -3.31. The maximum absolute atomic E-state index is 13.3. The van der Waals surface area contributed by atoms with Crippen LogP contribution in [0.15, 0.2) is 0 Å². The summed E-state index contributed by atoms with van der Waals surface area (Å²) in [5.74, 6) is -9.96. The van der Waals surface area contributed by atoms with Gasteiger partial charge in [-0.05, 0) is 0 Å². The Morgan fingerprint density at radius 2 is 0.661 bits per heavy atom. The van der Waals surface area contributed by atoms with E-state index in [0.717, 1.165) is 34.6 Å². The van der Waals surface area contributed by atoms with Crippen molar-refractivity contribution in [1.29, 1.82) is 0 Å². The zero-order chi connectivity index (χ0) is 89.6. The number of aliphatic carboxylic acids is 1. The van der Waals surface area contributed by atoms with Crippen LogP contribution in [0.3, 0.4) is 0 Å². The van der Waals surface area contributed by atoms with Crippen LogP contribution in [-0.2, 0) is 109 Å². The third-order valence-corrected chi connectivity index (χ3v) is 21.7. The van der Waals surface area contributed by atoms with Gasteiger partial charge in [0.25, 0.3) is 5.79 Å². The minimum Gasteiger partial charge on any atom is -0.477 e. The van der Waals surface area contributed by atoms with Crippen LogP contribution in [-0.4, -0.2) is 509 Å². The maximum Gasteiger partial charge on any atom is 0.364 e. The number of carbonyl (C=O) groups excluding carboxylic acids is 5. The number of aliphatic hydroxyl groups excluding tert-OH is 25. The Morgan fingerprint density at radius 3 is 1.08 bits per heavy atom. The van der Waals surface area contributed by atoms with Crippen molar-refractivity contribution in [1.82, 2.24) is 26.6 Å². The Labute approximate surface area is 684 Å². The van der Waals surface area contributed by atoms with E-state index >= 15 is 0 Å². The van der Waals surface area contributed by atoms with E-state index in [1.807, 2.05) is 0 Å². The summed E-state index contributed by atoms with van der Waals surface area (Å²) in [6.07, 6.45) is -85.8. The molecule has 698 valence electrons. The van der Waals surface area contributed by atoms with Gasteiger partial charge >= 0.3 is 5.97 Å². The highest BCUT2D eigenvalue weighted by Crippen LogP contribution is 2.42. The molecule has 0 aromatic carbocycles. The van der Waals surface area contributed by atoms with Gasteiger partial charge in [0.15, 0.2) is 50.3 Å². The second-order valence-corrected chi connectivity index (χ2v) is 30.4. The Morgan fingerprint density at radius 1 is 0.339 bits per heavy atom. The van der Waals surface area contributed by atoms with E-state index in [9.17, 15) is 162 Å². The summed E-state index contributed by atoms with van der Waals surface area (Å²) in [4.78, 5) is 76.4. The molecule has 0 aliphatic carbocycles. The van der Waals surface area contributed by atoms with Gasteiger partial charge in [0.1, 0.15) is 213 Å². The number of aliphatic hydroxyl groups is 25. The van der Waals surface area contributed by atoms with Crippen LogP contribution in [0.1, 0.15) is 41.0 Å². The van der Waals surface area contributed by atoms with Gasteiger partial charge in [0.05, 0.1) is 71.6 Å². The molecule has 31 N–H and O–H groups in total. The fourth-order valence-corrected chi connectivity index (χ4v) is 15.5. The highest BCUT2D eigenvalue weighted by molar-refractivity contribution is 5.77. The van der Waals surface area contributed by atoms with Crippen LogP contribution >= 0.6 is 0 Å². The topological polar surface area (TPSA) is 845 Å². The Balaban J connectivity index is 0.999. The van der Waals surface area contributed by atoms with Crippen molar-refractivity contribution in [3.63, 3.8) is 0 Å². The maximum atomic E-state index is 13.3. The van der Waals surface area contributed by atoms with Gasteiger partial charge in [0.2, 0.25) is 29.5 Å². The molecule has 9 fully saturated rings. The van der Waals surface area contributed by atoms with E-state index in [2.05, 4.69) is 26.6 Å². The first-order chi connectivity index (χ1) is 57.0. The summed E-state index contributed by atoms with van der Waals surface area (Å²) in [5.41, 5.74) is 0. The van der Waals surface area contributed by atoms with E-state index in [4.69, 9.17) is 80.5 Å². The highest BCUT2D eigenvalue weighted by Gasteiger charge is 2.63. The van der Waals surface area contributed by atoms with E-state index in [1.54, 1.807) is 0 Å². The summed E-state index contributed by atoms with van der Waals surface area (Å²) < 4.78 is 99.9. The van der Waals surface area contributed by atoms with Gasteiger partial charge in [-0.1, -0.05) is 0 Å². The molecule has 54 heteroatoms. The molecule has 9 aliphatic rings. The van der Waals surface area contributed by atoms with Gasteiger partial charge in [-0.15, -0.1) is 0 Å². The number of carbonyl (C=O) groups is 6. The molecule has 46 atom stereocenters. The SMILES string of the molecule is CC(=O)N[C@@H]1[C@@H](O)[C@H](O[C@@H]2O[C@H](CO)[C@@H](O[C@@H]3O[C@H](CO[C@H]4O[C@H](CO[C@@H]5O[C@H](CO)[C@@H](O[C@@H]6O[C@H](CO)[C@H](O)[C@H](O)[C@H]6O)[C@H](O)[C@H]5NC(C)=O)[C@@H](O)[C@H](O)[C@@H]4O[C@@H]4O[C@H](CO)[C@@H](O[C@@H]5O[C@H](CO)[C@H](O)[C@H](O[C@]6(C(=O)O)C[C@H](O)[C@@H](NC(C)=O)[C@H]([C@H](O)[C@H](O)CO)O6)[C@H]5O)[C@H](O)[C@H]4NC(C)=O)[C@@H](O)[C@H](O)[C@@H]3O)[C@H](O)[C@H]2NC(C)=O)[C@@H](CO)O[C@H]1O. The van der Waals surface area contributed by atoms with Crippen LogP contribution in [0, 0.1) is 0 Å². The normalized spacial score (nSPS) is 46.6. The molecule has 9 aliphatic heterocycles. The largest absolute Gasteiger partial charge is 0.477 e. The zero-order valence-corrected chi connectivity index (χ0v) is 65.1. The van der Waals surface area contributed by atoms with E-state index in [1.165, 1.54) is 0 Å². The molecule has 0 radical (unpaired) electrons. The molecule has 0 aromatic heterocycles. The first-order valence-corrected chi connectivity index (χ1v) is 38.2. The summed E-state index contributed by atoms with van der Waals surface area (Å²) in [6, 6.07) is -9.10. The fraction of sp³-hybridized carbons (Fsp3) is 0.910. The molecule has 0 saturated carbocycles. The van der Waals surface area contributed by atoms with Crippen molar-refractivity contribution in [2.24, 2.45) is 0 Å². The molecule has 54 nitrogen and oxygen atoms in total. The van der Waals surface area contributed by atoms with Crippen molar-refractivity contribution in [2.75, 3.05) is 59.5 Å². The number of amides is 5. The second kappa shape index (κ2) is 43.3. The molecule has 9 saturated heterocycles. The fourth-order valence-electron chi connectivity index (χ4n) is 15.5. The Kier molecular flexibility index (Phi) is 35.7. The molecule has 121 heavy (non-hydrogen) atoms. The first-order valence-electron chi connectivity index (χ1n) is 38.2. The average molecular weight is 1770 g/mol. The van der Waals surface area contributed by atoms with Crippen LogP contribution in [0.25, 0.3) is 0 Å². The quantitative estimate of drug-likeness (QED) is 0.0290. The summed E-state index contributed by atoms with van der Waals surface area (Å²) in [6.45, 7) is -5.31. The number of nitrogens with one attached hydrogen (secondary N) is 5. The van der Waals surface area contributed by atoms with Gasteiger partial charge in [-0.3, -0.25) is 24.0 Å². The Hall–Kier alpha value is -4.86. The molecule has 0 bridgehead atoms. The van der Waals surface area contributed by atoms with E-state index < -0.39 is 383 Å².